The van der Waals surface area contributed by atoms with Crippen LogP contribution in [0.1, 0.15) is 58.8 Å². The molecule has 106 valence electrons. The Labute approximate surface area is 113 Å². The molecule has 2 nitrogen and oxygen atoms in total. The van der Waals surface area contributed by atoms with Gasteiger partial charge < -0.3 is 10.1 Å². The summed E-state index contributed by atoms with van der Waals surface area (Å²) >= 11 is 0. The summed E-state index contributed by atoms with van der Waals surface area (Å²) in [6, 6.07) is 0.781. The summed E-state index contributed by atoms with van der Waals surface area (Å²) in [6.45, 7) is 7.84. The lowest BCUT2D eigenvalue weighted by atomic mass is 9.80. The van der Waals surface area contributed by atoms with Gasteiger partial charge in [0.1, 0.15) is 0 Å². The number of rotatable bonds is 8. The zero-order chi connectivity index (χ0) is 12.8. The molecule has 0 radical (unpaired) electrons. The second kappa shape index (κ2) is 7.49. The molecule has 0 aromatic heterocycles. The number of ether oxygens (including phenoxy) is 1. The van der Waals surface area contributed by atoms with Crippen LogP contribution in [-0.4, -0.2) is 25.8 Å². The summed E-state index contributed by atoms with van der Waals surface area (Å²) in [5.74, 6) is 2.76. The van der Waals surface area contributed by atoms with Gasteiger partial charge in [0.2, 0.25) is 0 Å². The maximum atomic E-state index is 5.66. The molecule has 0 bridgehead atoms. The van der Waals surface area contributed by atoms with Crippen molar-refractivity contribution < 1.29 is 4.74 Å². The Hall–Kier alpha value is -0.0800. The van der Waals surface area contributed by atoms with Gasteiger partial charge in [-0.05, 0) is 69.2 Å². The quantitative estimate of drug-likeness (QED) is 0.667. The van der Waals surface area contributed by atoms with Gasteiger partial charge in [-0.25, -0.2) is 0 Å². The van der Waals surface area contributed by atoms with Crippen LogP contribution in [0.4, 0.5) is 0 Å². The molecular formula is C16H31NO. The highest BCUT2D eigenvalue weighted by Crippen LogP contribution is 2.30. The predicted octanol–water partition coefficient (Wildman–Crippen LogP) is 3.61. The monoisotopic (exact) mass is 253 g/mol. The minimum Gasteiger partial charge on any atom is -0.381 e. The first kappa shape index (κ1) is 14.3. The Bertz CT molecular complexity index is 217. The fourth-order valence-corrected chi connectivity index (χ4v) is 3.00. The summed E-state index contributed by atoms with van der Waals surface area (Å²) in [5, 5.41) is 3.70. The first-order valence-electron chi connectivity index (χ1n) is 8.07. The van der Waals surface area contributed by atoms with E-state index in [1.165, 1.54) is 44.9 Å². The van der Waals surface area contributed by atoms with Gasteiger partial charge in [-0.1, -0.05) is 13.8 Å². The van der Waals surface area contributed by atoms with Crippen LogP contribution in [0.5, 0.6) is 0 Å². The van der Waals surface area contributed by atoms with E-state index in [-0.39, 0.29) is 0 Å². The van der Waals surface area contributed by atoms with Gasteiger partial charge in [-0.2, -0.15) is 0 Å². The first-order valence-corrected chi connectivity index (χ1v) is 8.07. The first-order chi connectivity index (χ1) is 8.75. The molecule has 0 heterocycles. The third-order valence-corrected chi connectivity index (χ3v) is 4.66. The maximum absolute atomic E-state index is 5.66. The van der Waals surface area contributed by atoms with Crippen LogP contribution in [0, 0.1) is 17.8 Å². The van der Waals surface area contributed by atoms with Crippen molar-refractivity contribution in [1.29, 1.82) is 0 Å². The highest BCUT2D eigenvalue weighted by Gasteiger charge is 2.23. The van der Waals surface area contributed by atoms with Crippen molar-refractivity contribution in [2.75, 3.05) is 19.8 Å². The van der Waals surface area contributed by atoms with Crippen molar-refractivity contribution in [3.05, 3.63) is 0 Å². The van der Waals surface area contributed by atoms with Crippen LogP contribution in [-0.2, 0) is 4.74 Å². The van der Waals surface area contributed by atoms with Gasteiger partial charge in [-0.3, -0.25) is 0 Å². The standard InChI is InChI=1S/C16H31NO/c1-13(2)15-6-8-16(9-7-15)17-10-3-11-18-12-14-4-5-14/h13-17H,3-12H2,1-2H3. The average molecular weight is 253 g/mol. The van der Waals surface area contributed by atoms with Crippen molar-refractivity contribution >= 4 is 0 Å². The molecule has 0 atom stereocenters. The van der Waals surface area contributed by atoms with E-state index in [0.717, 1.165) is 43.6 Å². The molecule has 0 aliphatic heterocycles. The van der Waals surface area contributed by atoms with Gasteiger partial charge in [0.05, 0.1) is 0 Å². The van der Waals surface area contributed by atoms with E-state index in [1.807, 2.05) is 0 Å². The molecule has 0 unspecified atom stereocenters. The van der Waals surface area contributed by atoms with Gasteiger partial charge >= 0.3 is 0 Å². The molecule has 2 aliphatic carbocycles. The minimum absolute atomic E-state index is 0.781. The largest absolute Gasteiger partial charge is 0.381 e. The average Bonchev–Trinajstić information content (AvgIpc) is 3.18. The van der Waals surface area contributed by atoms with E-state index in [9.17, 15) is 0 Å². The molecule has 0 saturated heterocycles. The molecule has 0 amide bonds. The molecule has 0 aromatic rings. The second-order valence-electron chi connectivity index (χ2n) is 6.68. The molecule has 0 aromatic carbocycles. The third-order valence-electron chi connectivity index (χ3n) is 4.66. The normalized spacial score (nSPS) is 28.8. The third kappa shape index (κ3) is 5.27. The van der Waals surface area contributed by atoms with Gasteiger partial charge in [-0.15, -0.1) is 0 Å². The minimum atomic E-state index is 0.781. The van der Waals surface area contributed by atoms with E-state index in [4.69, 9.17) is 4.74 Å². The molecule has 2 rings (SSSR count). The Morgan fingerprint density at radius 3 is 2.39 bits per heavy atom. The van der Waals surface area contributed by atoms with E-state index in [2.05, 4.69) is 19.2 Å². The molecule has 0 spiro atoms. The predicted molar refractivity (Wildman–Crippen MR) is 76.7 cm³/mol. The van der Waals surface area contributed by atoms with Crippen molar-refractivity contribution in [3.8, 4) is 0 Å². The lowest BCUT2D eigenvalue weighted by Crippen LogP contribution is -2.35. The summed E-state index contributed by atoms with van der Waals surface area (Å²) in [7, 11) is 0. The molecular weight excluding hydrogens is 222 g/mol. The van der Waals surface area contributed by atoms with Crippen LogP contribution in [0.2, 0.25) is 0 Å². The summed E-state index contributed by atoms with van der Waals surface area (Å²) < 4.78 is 5.66. The highest BCUT2D eigenvalue weighted by molar-refractivity contribution is 4.78. The van der Waals surface area contributed by atoms with E-state index < -0.39 is 0 Å². The Morgan fingerprint density at radius 2 is 1.78 bits per heavy atom. The summed E-state index contributed by atoms with van der Waals surface area (Å²) in [4.78, 5) is 0. The summed E-state index contributed by atoms with van der Waals surface area (Å²) in [5.41, 5.74) is 0. The van der Waals surface area contributed by atoms with Crippen LogP contribution >= 0.6 is 0 Å². The van der Waals surface area contributed by atoms with Crippen molar-refractivity contribution in [1.82, 2.24) is 5.32 Å². The molecule has 2 heteroatoms. The van der Waals surface area contributed by atoms with Crippen molar-refractivity contribution in [3.63, 3.8) is 0 Å². The number of hydrogen-bond acceptors (Lipinski definition) is 2. The fraction of sp³-hybridized carbons (Fsp3) is 1.00. The molecule has 18 heavy (non-hydrogen) atoms. The lowest BCUT2D eigenvalue weighted by molar-refractivity contribution is 0.120. The number of nitrogens with one attached hydrogen (secondary N) is 1. The van der Waals surface area contributed by atoms with Crippen molar-refractivity contribution in [2.24, 2.45) is 17.8 Å². The van der Waals surface area contributed by atoms with E-state index in [1.54, 1.807) is 0 Å². The fourth-order valence-electron chi connectivity index (χ4n) is 3.00. The maximum Gasteiger partial charge on any atom is 0.0494 e. The SMILES string of the molecule is CC(C)C1CCC(NCCCOCC2CC2)CC1. The zero-order valence-electron chi connectivity index (χ0n) is 12.3. The van der Waals surface area contributed by atoms with Gasteiger partial charge in [0.25, 0.3) is 0 Å². The summed E-state index contributed by atoms with van der Waals surface area (Å²) in [6.07, 6.45) is 9.59. The second-order valence-corrected chi connectivity index (χ2v) is 6.68. The van der Waals surface area contributed by atoms with Crippen LogP contribution in [0.25, 0.3) is 0 Å². The Kier molecular flexibility index (Phi) is 5.97. The van der Waals surface area contributed by atoms with Gasteiger partial charge in [0, 0.05) is 19.3 Å². The van der Waals surface area contributed by atoms with Crippen LogP contribution in [0.3, 0.4) is 0 Å². The Morgan fingerprint density at radius 1 is 1.06 bits per heavy atom. The van der Waals surface area contributed by atoms with Crippen LogP contribution < -0.4 is 5.32 Å². The van der Waals surface area contributed by atoms with E-state index >= 15 is 0 Å². The molecule has 1 N–H and O–H groups in total. The van der Waals surface area contributed by atoms with Crippen LogP contribution in [0.15, 0.2) is 0 Å². The molecule has 2 saturated carbocycles. The highest BCUT2D eigenvalue weighted by atomic mass is 16.5. The number of hydrogen-bond donors (Lipinski definition) is 1. The Balaban J connectivity index is 1.42. The van der Waals surface area contributed by atoms with Gasteiger partial charge in [0.15, 0.2) is 0 Å². The smallest absolute Gasteiger partial charge is 0.0494 e. The lowest BCUT2D eigenvalue weighted by Gasteiger charge is -2.31. The van der Waals surface area contributed by atoms with Crippen molar-refractivity contribution in [2.45, 2.75) is 64.8 Å². The molecule has 2 aliphatic rings. The zero-order valence-corrected chi connectivity index (χ0v) is 12.3. The van der Waals surface area contributed by atoms with E-state index in [0.29, 0.717) is 0 Å². The molecule has 2 fully saturated rings. The topological polar surface area (TPSA) is 21.3 Å².